The van der Waals surface area contributed by atoms with E-state index in [0.29, 0.717) is 38.5 Å². The van der Waals surface area contributed by atoms with E-state index < -0.39 is 52.9 Å². The van der Waals surface area contributed by atoms with Gasteiger partial charge in [-0.2, -0.15) is 0 Å². The van der Waals surface area contributed by atoms with E-state index in [1.54, 1.807) is 20.8 Å². The standard InChI is InChI=1S/C29H56N2O6/c1-9-10-11-12-20(4)25(33)28(36,17-32)29(37,26(34)21(5)13-18(2)15-23(7)30)27(35)22(6)14-19(3)16-24(8)31/h18-24,32,36-37H,9-17,30-31H2,1-8H3. The van der Waals surface area contributed by atoms with Gasteiger partial charge in [0.2, 0.25) is 5.60 Å². The van der Waals surface area contributed by atoms with E-state index in [0.717, 1.165) is 12.8 Å². The average Bonchev–Trinajstić information content (AvgIpc) is 2.80. The third-order valence-corrected chi connectivity index (χ3v) is 7.59. The number of aliphatic hydroxyl groups excluding tert-OH is 1. The van der Waals surface area contributed by atoms with E-state index in [1.807, 2.05) is 34.6 Å². The van der Waals surface area contributed by atoms with E-state index in [2.05, 4.69) is 0 Å². The van der Waals surface area contributed by atoms with Gasteiger partial charge in [-0.15, -0.1) is 0 Å². The number of rotatable bonds is 20. The summed E-state index contributed by atoms with van der Waals surface area (Å²) >= 11 is 0. The SMILES string of the molecule is CCCCCC(C)C(=O)C(O)(CO)C(O)(C(=O)C(C)CC(C)CC(C)N)C(=O)C(C)CC(C)CC(C)N. The highest BCUT2D eigenvalue weighted by Gasteiger charge is 2.65. The molecule has 37 heavy (non-hydrogen) atoms. The molecule has 0 heterocycles. The Labute approximate surface area is 225 Å². The summed E-state index contributed by atoms with van der Waals surface area (Å²) in [6.07, 6.45) is 4.82. The van der Waals surface area contributed by atoms with Gasteiger partial charge in [-0.1, -0.05) is 60.8 Å². The lowest BCUT2D eigenvalue weighted by Gasteiger charge is -2.43. The fraction of sp³-hybridized carbons (Fsp3) is 0.897. The lowest BCUT2D eigenvalue weighted by Crippen LogP contribution is -2.72. The van der Waals surface area contributed by atoms with Crippen LogP contribution in [0.25, 0.3) is 0 Å². The molecule has 0 radical (unpaired) electrons. The van der Waals surface area contributed by atoms with Crippen molar-refractivity contribution in [3.8, 4) is 0 Å². The number of carbonyl (C=O) groups is 3. The fourth-order valence-electron chi connectivity index (χ4n) is 5.74. The summed E-state index contributed by atoms with van der Waals surface area (Å²) in [5.41, 5.74) is 5.79. The number of hydrogen-bond acceptors (Lipinski definition) is 8. The second kappa shape index (κ2) is 16.0. The first-order chi connectivity index (χ1) is 17.0. The molecule has 0 amide bonds. The minimum Gasteiger partial charge on any atom is -0.393 e. The maximum atomic E-state index is 13.8. The van der Waals surface area contributed by atoms with Gasteiger partial charge in [-0.3, -0.25) is 14.4 Å². The van der Waals surface area contributed by atoms with Crippen LogP contribution in [0.4, 0.5) is 0 Å². The van der Waals surface area contributed by atoms with Gasteiger partial charge in [-0.05, 0) is 57.8 Å². The normalized spacial score (nSPS) is 21.0. The van der Waals surface area contributed by atoms with Crippen molar-refractivity contribution >= 4 is 17.3 Å². The Balaban J connectivity index is 6.43. The van der Waals surface area contributed by atoms with Gasteiger partial charge < -0.3 is 26.8 Å². The molecule has 8 unspecified atom stereocenters. The lowest BCUT2D eigenvalue weighted by molar-refractivity contribution is -0.199. The summed E-state index contributed by atoms with van der Waals surface area (Å²) in [6, 6.07) is -0.187. The quantitative estimate of drug-likeness (QED) is 0.119. The van der Waals surface area contributed by atoms with E-state index in [9.17, 15) is 29.7 Å². The molecule has 0 aromatic rings. The Morgan fingerprint density at radius 1 is 0.676 bits per heavy atom. The van der Waals surface area contributed by atoms with Crippen molar-refractivity contribution in [2.75, 3.05) is 6.61 Å². The van der Waals surface area contributed by atoms with Gasteiger partial charge in [-0.25, -0.2) is 0 Å². The van der Waals surface area contributed by atoms with Crippen LogP contribution in [0.3, 0.4) is 0 Å². The van der Waals surface area contributed by atoms with Crippen molar-refractivity contribution in [3.05, 3.63) is 0 Å². The first-order valence-corrected chi connectivity index (χ1v) is 14.2. The largest absolute Gasteiger partial charge is 0.393 e. The summed E-state index contributed by atoms with van der Waals surface area (Å²) in [7, 11) is 0. The Kier molecular flexibility index (Phi) is 15.5. The highest BCUT2D eigenvalue weighted by atomic mass is 16.4. The molecule has 8 nitrogen and oxygen atoms in total. The highest BCUT2D eigenvalue weighted by molar-refractivity contribution is 6.17. The second-order valence-electron chi connectivity index (χ2n) is 12.1. The summed E-state index contributed by atoms with van der Waals surface area (Å²) in [6.45, 7) is 13.1. The van der Waals surface area contributed by atoms with Gasteiger partial charge in [0, 0.05) is 29.8 Å². The first kappa shape index (κ1) is 35.8. The molecule has 0 saturated carbocycles. The van der Waals surface area contributed by atoms with E-state index in [-0.39, 0.29) is 23.9 Å². The maximum Gasteiger partial charge on any atom is 0.220 e. The molecule has 8 atom stereocenters. The molecule has 8 heteroatoms. The number of nitrogens with two attached hydrogens (primary N) is 2. The minimum absolute atomic E-state index is 0.00711. The molecule has 0 bridgehead atoms. The van der Waals surface area contributed by atoms with Crippen LogP contribution in [0.1, 0.15) is 107 Å². The van der Waals surface area contributed by atoms with Crippen LogP contribution in [0.15, 0.2) is 0 Å². The van der Waals surface area contributed by atoms with Crippen molar-refractivity contribution in [2.24, 2.45) is 41.1 Å². The average molecular weight is 529 g/mol. The summed E-state index contributed by atoms with van der Waals surface area (Å²) < 4.78 is 0. The predicted octanol–water partition coefficient (Wildman–Crippen LogP) is 3.16. The van der Waals surface area contributed by atoms with Crippen LogP contribution in [0.2, 0.25) is 0 Å². The maximum absolute atomic E-state index is 13.8. The van der Waals surface area contributed by atoms with E-state index in [4.69, 9.17) is 11.5 Å². The Hall–Kier alpha value is -1.19. The summed E-state index contributed by atoms with van der Waals surface area (Å²) in [4.78, 5) is 41.2. The van der Waals surface area contributed by atoms with Crippen molar-refractivity contribution < 1.29 is 29.7 Å². The third kappa shape index (κ3) is 9.81. The molecule has 218 valence electrons. The molecule has 0 aliphatic carbocycles. The van der Waals surface area contributed by atoms with Crippen LogP contribution in [-0.4, -0.2) is 62.6 Å². The molecule has 0 spiro atoms. The third-order valence-electron chi connectivity index (χ3n) is 7.59. The lowest BCUT2D eigenvalue weighted by atomic mass is 9.65. The van der Waals surface area contributed by atoms with Gasteiger partial charge in [0.15, 0.2) is 23.0 Å². The summed E-state index contributed by atoms with van der Waals surface area (Å²) in [5, 5.41) is 33.8. The molecule has 0 aliphatic heterocycles. The van der Waals surface area contributed by atoms with Crippen molar-refractivity contribution in [3.63, 3.8) is 0 Å². The number of hydrogen-bond donors (Lipinski definition) is 5. The monoisotopic (exact) mass is 528 g/mol. The van der Waals surface area contributed by atoms with Crippen molar-refractivity contribution in [1.82, 2.24) is 0 Å². The van der Waals surface area contributed by atoms with Crippen molar-refractivity contribution in [1.29, 1.82) is 0 Å². The number of unbranched alkanes of at least 4 members (excludes halogenated alkanes) is 2. The zero-order valence-electron chi connectivity index (χ0n) is 24.6. The molecular formula is C29H56N2O6. The van der Waals surface area contributed by atoms with Gasteiger partial charge in [0.25, 0.3) is 0 Å². The zero-order chi connectivity index (χ0) is 29.1. The van der Waals surface area contributed by atoms with Crippen LogP contribution in [0.5, 0.6) is 0 Å². The molecule has 0 rings (SSSR count). The molecule has 0 saturated heterocycles. The molecular weight excluding hydrogens is 472 g/mol. The zero-order valence-corrected chi connectivity index (χ0v) is 24.6. The second-order valence-corrected chi connectivity index (χ2v) is 12.1. The number of Topliss-reactive ketones (excluding diaryl/α,β-unsaturated/α-hetero) is 3. The molecule has 7 N–H and O–H groups in total. The molecule has 0 fully saturated rings. The highest BCUT2D eigenvalue weighted by Crippen LogP contribution is 2.37. The first-order valence-electron chi connectivity index (χ1n) is 14.2. The molecule has 0 aromatic heterocycles. The Morgan fingerprint density at radius 2 is 1.08 bits per heavy atom. The van der Waals surface area contributed by atoms with Crippen LogP contribution in [-0.2, 0) is 14.4 Å². The van der Waals surface area contributed by atoms with Gasteiger partial charge in [0.1, 0.15) is 0 Å². The Bertz CT molecular complexity index is 689. The molecule has 0 aromatic carbocycles. The van der Waals surface area contributed by atoms with Crippen LogP contribution in [0, 0.1) is 29.6 Å². The topological polar surface area (TPSA) is 164 Å². The van der Waals surface area contributed by atoms with Gasteiger partial charge >= 0.3 is 0 Å². The smallest absolute Gasteiger partial charge is 0.220 e. The predicted molar refractivity (Wildman–Crippen MR) is 148 cm³/mol. The number of aliphatic hydroxyl groups is 3. The minimum atomic E-state index is -3.07. The van der Waals surface area contributed by atoms with Gasteiger partial charge in [0.05, 0.1) is 6.61 Å². The van der Waals surface area contributed by atoms with Crippen molar-refractivity contribution in [2.45, 2.75) is 130 Å². The van der Waals surface area contributed by atoms with E-state index >= 15 is 0 Å². The van der Waals surface area contributed by atoms with Crippen LogP contribution < -0.4 is 11.5 Å². The fourth-order valence-corrected chi connectivity index (χ4v) is 5.74. The van der Waals surface area contributed by atoms with E-state index in [1.165, 1.54) is 0 Å². The summed E-state index contributed by atoms with van der Waals surface area (Å²) in [5.74, 6) is -5.20. The van der Waals surface area contributed by atoms with Crippen LogP contribution >= 0.6 is 0 Å². The number of carbonyl (C=O) groups excluding carboxylic acids is 3. The number of ketones is 3. The molecule has 0 aliphatic rings. The Morgan fingerprint density at radius 3 is 1.41 bits per heavy atom.